The highest BCUT2D eigenvalue weighted by atomic mass is 79.9. The van der Waals surface area contributed by atoms with Crippen LogP contribution in [0.15, 0.2) is 27.6 Å². The Morgan fingerprint density at radius 1 is 1.27 bits per heavy atom. The Hall–Kier alpha value is -0.760. The molecule has 0 fully saturated rings. The van der Waals surface area contributed by atoms with Crippen molar-refractivity contribution in [3.63, 3.8) is 0 Å². The molecule has 0 bridgehead atoms. The second-order valence-electron chi connectivity index (χ2n) is 2.64. The van der Waals surface area contributed by atoms with Gasteiger partial charge in [-0.3, -0.25) is 0 Å². The number of halogens is 4. The molecule has 1 aromatic rings. The topological polar surface area (TPSA) is 60.2 Å². The molecule has 0 saturated carbocycles. The zero-order valence-corrected chi connectivity index (χ0v) is 9.45. The minimum Gasteiger partial charge on any atom is -0.399 e. The predicted octanol–water partition coefficient (Wildman–Crippen LogP) is 2.32. The predicted molar refractivity (Wildman–Crippen MR) is 51.8 cm³/mol. The number of rotatable bonds is 1. The molecule has 0 radical (unpaired) electrons. The van der Waals surface area contributed by atoms with E-state index in [1.165, 1.54) is 6.07 Å². The molecule has 0 unspecified atom stereocenters. The Labute approximate surface area is 92.1 Å². The summed E-state index contributed by atoms with van der Waals surface area (Å²) in [4.78, 5) is -0.880. The summed E-state index contributed by atoms with van der Waals surface area (Å²) in [5, 5.41) is 0. The van der Waals surface area contributed by atoms with Crippen molar-refractivity contribution in [3.8, 4) is 0 Å². The third-order valence-electron chi connectivity index (χ3n) is 1.55. The fourth-order valence-corrected chi connectivity index (χ4v) is 2.60. The molecular formula is C7H5BrF3NO2S. The van der Waals surface area contributed by atoms with Crippen molar-refractivity contribution >= 4 is 31.5 Å². The Balaban J connectivity index is 3.47. The van der Waals surface area contributed by atoms with Gasteiger partial charge < -0.3 is 5.73 Å². The van der Waals surface area contributed by atoms with Crippen LogP contribution >= 0.6 is 15.9 Å². The van der Waals surface area contributed by atoms with Crippen LogP contribution in [0.2, 0.25) is 0 Å². The maximum Gasteiger partial charge on any atom is 0.501 e. The van der Waals surface area contributed by atoms with Crippen molar-refractivity contribution in [1.29, 1.82) is 0 Å². The lowest BCUT2D eigenvalue weighted by Crippen LogP contribution is -2.23. The van der Waals surface area contributed by atoms with Gasteiger partial charge >= 0.3 is 5.51 Å². The average molecular weight is 304 g/mol. The average Bonchev–Trinajstić information content (AvgIpc) is 2.07. The van der Waals surface area contributed by atoms with Crippen molar-refractivity contribution in [2.45, 2.75) is 10.4 Å². The first kappa shape index (κ1) is 12.3. The fraction of sp³-hybridized carbons (Fsp3) is 0.143. The van der Waals surface area contributed by atoms with Gasteiger partial charge in [-0.25, -0.2) is 8.42 Å². The number of hydrogen-bond acceptors (Lipinski definition) is 3. The Kier molecular flexibility index (Phi) is 3.01. The normalized spacial score (nSPS) is 12.8. The van der Waals surface area contributed by atoms with Crippen LogP contribution in [0.1, 0.15) is 0 Å². The van der Waals surface area contributed by atoms with E-state index >= 15 is 0 Å². The van der Waals surface area contributed by atoms with Gasteiger partial charge in [0.15, 0.2) is 0 Å². The van der Waals surface area contributed by atoms with Crippen LogP contribution in [0.3, 0.4) is 0 Å². The third-order valence-corrected chi connectivity index (χ3v) is 4.03. The molecule has 0 amide bonds. The molecule has 84 valence electrons. The number of benzene rings is 1. The van der Waals surface area contributed by atoms with E-state index in [4.69, 9.17) is 5.73 Å². The Morgan fingerprint density at radius 3 is 2.27 bits per heavy atom. The number of sulfone groups is 1. The highest BCUT2D eigenvalue weighted by molar-refractivity contribution is 9.10. The summed E-state index contributed by atoms with van der Waals surface area (Å²) in [6, 6.07) is 3.19. The molecule has 8 heteroatoms. The number of alkyl halides is 3. The van der Waals surface area contributed by atoms with Crippen molar-refractivity contribution in [2.75, 3.05) is 5.73 Å². The molecule has 0 aliphatic carbocycles. The molecule has 0 spiro atoms. The maximum absolute atomic E-state index is 12.2. The van der Waals surface area contributed by atoms with Gasteiger partial charge in [-0.1, -0.05) is 0 Å². The molecular weight excluding hydrogens is 299 g/mol. The largest absolute Gasteiger partial charge is 0.501 e. The van der Waals surface area contributed by atoms with Crippen molar-refractivity contribution in [3.05, 3.63) is 22.7 Å². The zero-order chi connectivity index (χ0) is 11.9. The first-order valence-electron chi connectivity index (χ1n) is 3.52. The molecule has 0 aliphatic rings. The summed E-state index contributed by atoms with van der Waals surface area (Å²) in [5.74, 6) is 0. The van der Waals surface area contributed by atoms with Gasteiger partial charge in [0, 0.05) is 10.2 Å². The summed E-state index contributed by atoms with van der Waals surface area (Å²) in [5.41, 5.74) is -0.170. The van der Waals surface area contributed by atoms with E-state index in [9.17, 15) is 21.6 Å². The van der Waals surface area contributed by atoms with Gasteiger partial charge in [-0.15, -0.1) is 0 Å². The van der Waals surface area contributed by atoms with Crippen molar-refractivity contribution in [1.82, 2.24) is 0 Å². The lowest BCUT2D eigenvalue weighted by Gasteiger charge is -2.09. The van der Waals surface area contributed by atoms with Crippen LogP contribution < -0.4 is 5.73 Å². The van der Waals surface area contributed by atoms with Crippen LogP contribution in [-0.2, 0) is 9.84 Å². The Morgan fingerprint density at radius 2 is 1.80 bits per heavy atom. The lowest BCUT2D eigenvalue weighted by atomic mass is 10.3. The van der Waals surface area contributed by atoms with Gasteiger partial charge in [0.25, 0.3) is 9.84 Å². The minimum atomic E-state index is -5.36. The van der Waals surface area contributed by atoms with Crippen LogP contribution in [0, 0.1) is 0 Å². The minimum absolute atomic E-state index is 0.0546. The van der Waals surface area contributed by atoms with Gasteiger partial charge in [0.05, 0.1) is 4.90 Å². The molecule has 15 heavy (non-hydrogen) atoms. The summed E-state index contributed by atoms with van der Waals surface area (Å²) in [7, 11) is -5.36. The van der Waals surface area contributed by atoms with Gasteiger partial charge in [0.2, 0.25) is 0 Å². The molecule has 0 aromatic heterocycles. The zero-order valence-electron chi connectivity index (χ0n) is 7.05. The second-order valence-corrected chi connectivity index (χ2v) is 5.40. The lowest BCUT2D eigenvalue weighted by molar-refractivity contribution is -0.0436. The van der Waals surface area contributed by atoms with Gasteiger partial charge in [-0.2, -0.15) is 13.2 Å². The smallest absolute Gasteiger partial charge is 0.399 e. The molecule has 1 rings (SSSR count). The quantitative estimate of drug-likeness (QED) is 0.810. The molecule has 0 saturated heterocycles. The molecule has 0 aliphatic heterocycles. The third kappa shape index (κ3) is 2.25. The summed E-state index contributed by atoms with van der Waals surface area (Å²) in [6.07, 6.45) is 0. The van der Waals surface area contributed by atoms with Crippen LogP contribution in [0.4, 0.5) is 18.9 Å². The maximum atomic E-state index is 12.2. The highest BCUT2D eigenvalue weighted by Crippen LogP contribution is 2.35. The summed E-state index contributed by atoms with van der Waals surface area (Å²) < 4.78 is 58.4. The standard InChI is InChI=1S/C7H5BrF3NO2S/c8-5-2-1-4(12)3-6(5)15(13,14)7(9,10)11/h1-3H,12H2. The number of nitrogens with two attached hydrogens (primary N) is 1. The summed E-state index contributed by atoms with van der Waals surface area (Å²) in [6.45, 7) is 0. The number of hydrogen-bond donors (Lipinski definition) is 1. The van der Waals surface area contributed by atoms with Crippen LogP contribution in [0.25, 0.3) is 0 Å². The Bertz CT molecular complexity index is 483. The van der Waals surface area contributed by atoms with E-state index in [-0.39, 0.29) is 10.2 Å². The fourth-order valence-electron chi connectivity index (χ4n) is 0.851. The molecule has 0 atom stereocenters. The van der Waals surface area contributed by atoms with E-state index in [1.807, 2.05) is 0 Å². The van der Waals surface area contributed by atoms with Gasteiger partial charge in [0.1, 0.15) is 0 Å². The molecule has 0 heterocycles. The van der Waals surface area contributed by atoms with Crippen molar-refractivity contribution in [2.24, 2.45) is 0 Å². The molecule has 2 N–H and O–H groups in total. The van der Waals surface area contributed by atoms with E-state index in [0.29, 0.717) is 0 Å². The molecule has 1 aromatic carbocycles. The van der Waals surface area contributed by atoms with Crippen molar-refractivity contribution < 1.29 is 21.6 Å². The SMILES string of the molecule is Nc1ccc(Br)c(S(=O)(=O)C(F)(F)F)c1. The van der Waals surface area contributed by atoms with E-state index in [0.717, 1.165) is 12.1 Å². The number of anilines is 1. The summed E-state index contributed by atoms with van der Waals surface area (Å²) >= 11 is 2.72. The van der Waals surface area contributed by atoms with E-state index < -0.39 is 20.2 Å². The van der Waals surface area contributed by atoms with E-state index in [2.05, 4.69) is 15.9 Å². The van der Waals surface area contributed by atoms with Crippen LogP contribution in [-0.4, -0.2) is 13.9 Å². The first-order chi connectivity index (χ1) is 6.66. The highest BCUT2D eigenvalue weighted by Gasteiger charge is 2.47. The monoisotopic (exact) mass is 303 g/mol. The van der Waals surface area contributed by atoms with Gasteiger partial charge in [-0.05, 0) is 34.1 Å². The number of nitrogen functional groups attached to an aromatic ring is 1. The van der Waals surface area contributed by atoms with Crippen LogP contribution in [0.5, 0.6) is 0 Å². The second kappa shape index (κ2) is 3.67. The first-order valence-corrected chi connectivity index (χ1v) is 5.80. The van der Waals surface area contributed by atoms with E-state index in [1.54, 1.807) is 0 Å². The molecule has 3 nitrogen and oxygen atoms in total.